The van der Waals surface area contributed by atoms with Crippen LogP contribution in [-0.4, -0.2) is 29.5 Å². The summed E-state index contributed by atoms with van der Waals surface area (Å²) in [5.41, 5.74) is -0.328. The van der Waals surface area contributed by atoms with E-state index in [0.717, 1.165) is 11.1 Å². The molecule has 1 N–H and O–H groups in total. The molecule has 0 aliphatic rings. The molecule has 0 spiro atoms. The van der Waals surface area contributed by atoms with Crippen LogP contribution in [0.15, 0.2) is 60.7 Å². The molecule has 2 aromatic carbocycles. The highest BCUT2D eigenvalue weighted by atomic mass is 19.1. The standard InChI is InChI=1S/C19H21FO3/c1-2-23-18(21)17(20)19(22,13-15-9-5-3-6-10-15)14-16-11-7-4-8-12-16/h3-12,17,22H,2,13-14H2,1H3. The summed E-state index contributed by atoms with van der Waals surface area (Å²) in [6, 6.07) is 18.1. The number of hydrogen-bond donors (Lipinski definition) is 1. The van der Waals surface area contributed by atoms with Crippen LogP contribution in [0.5, 0.6) is 0 Å². The highest BCUT2D eigenvalue weighted by Crippen LogP contribution is 2.26. The van der Waals surface area contributed by atoms with Crippen molar-refractivity contribution in [2.75, 3.05) is 6.61 Å². The van der Waals surface area contributed by atoms with Crippen LogP contribution in [0.2, 0.25) is 0 Å². The Morgan fingerprint density at radius 2 is 1.48 bits per heavy atom. The number of hydrogen-bond acceptors (Lipinski definition) is 3. The minimum Gasteiger partial charge on any atom is -0.464 e. The summed E-state index contributed by atoms with van der Waals surface area (Å²) >= 11 is 0. The van der Waals surface area contributed by atoms with E-state index in [0.29, 0.717) is 0 Å². The van der Waals surface area contributed by atoms with Crippen molar-refractivity contribution in [2.45, 2.75) is 31.5 Å². The third-order valence-electron chi connectivity index (χ3n) is 3.67. The van der Waals surface area contributed by atoms with E-state index in [1.165, 1.54) is 0 Å². The van der Waals surface area contributed by atoms with E-state index in [1.54, 1.807) is 31.2 Å². The zero-order valence-corrected chi connectivity index (χ0v) is 13.1. The lowest BCUT2D eigenvalue weighted by atomic mass is 9.84. The monoisotopic (exact) mass is 316 g/mol. The highest BCUT2D eigenvalue weighted by molar-refractivity contribution is 5.76. The van der Waals surface area contributed by atoms with E-state index < -0.39 is 17.7 Å². The van der Waals surface area contributed by atoms with E-state index in [4.69, 9.17) is 4.74 Å². The first kappa shape index (κ1) is 17.2. The molecule has 0 aliphatic heterocycles. The van der Waals surface area contributed by atoms with Gasteiger partial charge >= 0.3 is 5.97 Å². The van der Waals surface area contributed by atoms with Crippen molar-refractivity contribution in [1.29, 1.82) is 0 Å². The van der Waals surface area contributed by atoms with E-state index in [2.05, 4.69) is 0 Å². The van der Waals surface area contributed by atoms with E-state index >= 15 is 0 Å². The van der Waals surface area contributed by atoms with Crippen LogP contribution in [0.1, 0.15) is 18.1 Å². The minimum absolute atomic E-state index is 0.0305. The molecule has 0 saturated heterocycles. The van der Waals surface area contributed by atoms with Crippen molar-refractivity contribution in [3.8, 4) is 0 Å². The maximum Gasteiger partial charge on any atom is 0.343 e. The van der Waals surface area contributed by atoms with Gasteiger partial charge in [0.15, 0.2) is 0 Å². The van der Waals surface area contributed by atoms with Gasteiger partial charge in [0.25, 0.3) is 0 Å². The maximum atomic E-state index is 14.7. The summed E-state index contributed by atoms with van der Waals surface area (Å²) in [5, 5.41) is 10.9. The summed E-state index contributed by atoms with van der Waals surface area (Å²) in [6.07, 6.45) is -2.05. The Labute approximate surface area is 135 Å². The number of rotatable bonds is 7. The lowest BCUT2D eigenvalue weighted by Crippen LogP contribution is -2.48. The topological polar surface area (TPSA) is 46.5 Å². The quantitative estimate of drug-likeness (QED) is 0.799. The van der Waals surface area contributed by atoms with Gasteiger partial charge in [-0.15, -0.1) is 0 Å². The molecule has 0 radical (unpaired) electrons. The SMILES string of the molecule is CCOC(=O)C(F)C(O)(Cc1ccccc1)Cc1ccccc1. The van der Waals surface area contributed by atoms with Gasteiger partial charge in [0.05, 0.1) is 6.61 Å². The molecule has 0 fully saturated rings. The number of esters is 1. The molecule has 3 nitrogen and oxygen atoms in total. The van der Waals surface area contributed by atoms with Crippen molar-refractivity contribution in [1.82, 2.24) is 0 Å². The first-order chi connectivity index (χ1) is 11.0. The largest absolute Gasteiger partial charge is 0.464 e. The molecule has 0 saturated carbocycles. The number of benzene rings is 2. The molecule has 122 valence electrons. The van der Waals surface area contributed by atoms with Crippen molar-refractivity contribution in [2.24, 2.45) is 0 Å². The smallest absolute Gasteiger partial charge is 0.343 e. The van der Waals surface area contributed by atoms with Gasteiger partial charge < -0.3 is 9.84 Å². The predicted octanol–water partition coefficient (Wildman–Crippen LogP) is 3.10. The van der Waals surface area contributed by atoms with Gasteiger partial charge in [-0.3, -0.25) is 0 Å². The van der Waals surface area contributed by atoms with Crippen LogP contribution >= 0.6 is 0 Å². The Morgan fingerprint density at radius 1 is 1.04 bits per heavy atom. The molecule has 1 unspecified atom stereocenters. The summed E-state index contributed by atoms with van der Waals surface area (Å²) in [7, 11) is 0. The van der Waals surface area contributed by atoms with Gasteiger partial charge in [0.1, 0.15) is 5.60 Å². The van der Waals surface area contributed by atoms with Gasteiger partial charge in [-0.1, -0.05) is 60.7 Å². The van der Waals surface area contributed by atoms with Gasteiger partial charge in [-0.05, 0) is 18.1 Å². The average Bonchev–Trinajstić information content (AvgIpc) is 2.56. The lowest BCUT2D eigenvalue weighted by molar-refractivity contribution is -0.160. The zero-order valence-electron chi connectivity index (χ0n) is 13.1. The third-order valence-corrected chi connectivity index (χ3v) is 3.67. The molecule has 2 aromatic rings. The van der Waals surface area contributed by atoms with Crippen LogP contribution in [0.4, 0.5) is 4.39 Å². The molecule has 2 rings (SSSR count). The summed E-state index contributed by atoms with van der Waals surface area (Å²) < 4.78 is 19.4. The summed E-state index contributed by atoms with van der Waals surface area (Å²) in [6.45, 7) is 1.68. The summed E-state index contributed by atoms with van der Waals surface area (Å²) in [4.78, 5) is 11.8. The first-order valence-electron chi connectivity index (χ1n) is 7.66. The second kappa shape index (κ2) is 7.88. The van der Waals surface area contributed by atoms with E-state index in [9.17, 15) is 14.3 Å². The number of alkyl halides is 1. The molecule has 0 aliphatic carbocycles. The Kier molecular flexibility index (Phi) is 5.88. The maximum absolute atomic E-state index is 14.7. The molecule has 4 heteroatoms. The predicted molar refractivity (Wildman–Crippen MR) is 86.8 cm³/mol. The van der Waals surface area contributed by atoms with Crippen molar-refractivity contribution in [3.63, 3.8) is 0 Å². The molecule has 1 atom stereocenters. The third kappa shape index (κ3) is 4.63. The molecular weight excluding hydrogens is 295 g/mol. The van der Waals surface area contributed by atoms with E-state index in [-0.39, 0.29) is 19.4 Å². The summed E-state index contributed by atoms with van der Waals surface area (Å²) in [5.74, 6) is -1.03. The van der Waals surface area contributed by atoms with Crippen molar-refractivity contribution < 1.29 is 19.0 Å². The fourth-order valence-corrected chi connectivity index (χ4v) is 2.58. The molecular formula is C19H21FO3. The molecule has 0 heterocycles. The first-order valence-corrected chi connectivity index (χ1v) is 7.66. The number of carbonyl (C=O) groups excluding carboxylic acids is 1. The van der Waals surface area contributed by atoms with Crippen LogP contribution in [-0.2, 0) is 22.4 Å². The van der Waals surface area contributed by atoms with Gasteiger partial charge in [0.2, 0.25) is 6.17 Å². The molecule has 0 aromatic heterocycles. The fraction of sp³-hybridized carbons (Fsp3) is 0.316. The number of carbonyl (C=O) groups is 1. The van der Waals surface area contributed by atoms with Crippen molar-refractivity contribution >= 4 is 5.97 Å². The van der Waals surface area contributed by atoms with Gasteiger partial charge in [-0.2, -0.15) is 0 Å². The Morgan fingerprint density at radius 3 is 1.87 bits per heavy atom. The highest BCUT2D eigenvalue weighted by Gasteiger charge is 2.43. The second-order valence-electron chi connectivity index (χ2n) is 5.54. The van der Waals surface area contributed by atoms with Crippen LogP contribution in [0.25, 0.3) is 0 Å². The Bertz CT molecular complexity index is 572. The van der Waals surface area contributed by atoms with Crippen LogP contribution < -0.4 is 0 Å². The molecule has 23 heavy (non-hydrogen) atoms. The number of aliphatic hydroxyl groups is 1. The Hall–Kier alpha value is -2.20. The van der Waals surface area contributed by atoms with Crippen LogP contribution in [0, 0.1) is 0 Å². The van der Waals surface area contributed by atoms with Gasteiger partial charge in [0, 0.05) is 12.8 Å². The van der Waals surface area contributed by atoms with E-state index in [1.807, 2.05) is 36.4 Å². The van der Waals surface area contributed by atoms with Crippen LogP contribution in [0.3, 0.4) is 0 Å². The van der Waals surface area contributed by atoms with Gasteiger partial charge in [-0.25, -0.2) is 9.18 Å². The number of ether oxygens (including phenoxy) is 1. The molecule has 0 bridgehead atoms. The second-order valence-corrected chi connectivity index (χ2v) is 5.54. The fourth-order valence-electron chi connectivity index (χ4n) is 2.58. The Balaban J connectivity index is 2.27. The lowest BCUT2D eigenvalue weighted by Gasteiger charge is -2.30. The van der Waals surface area contributed by atoms with Crippen molar-refractivity contribution in [3.05, 3.63) is 71.8 Å². The zero-order chi connectivity index (χ0) is 16.7. The molecule has 0 amide bonds. The minimum atomic E-state index is -2.11. The normalized spacial score (nSPS) is 12.7. The number of halogens is 1. The average molecular weight is 316 g/mol.